The SMILES string of the molecule is O=C(C[C@@H]1C=CCC1)Nc1ccc(N2CCOCC2)c(S(=O)(=O)Nc2ccccc2Cl)c1. The number of rotatable bonds is 7. The first-order valence-corrected chi connectivity index (χ1v) is 12.5. The lowest BCUT2D eigenvalue weighted by atomic mass is 10.1. The standard InChI is InChI=1S/C23H26ClN3O4S/c24-19-7-3-4-8-20(19)26-32(29,30)22-16-18(25-23(28)15-17-5-1-2-6-17)9-10-21(22)27-11-13-31-14-12-27/h1,3-5,7-10,16-17,26H,2,6,11-15H2,(H,25,28)/t17-/m1/s1. The molecule has 0 saturated carbocycles. The molecule has 0 spiro atoms. The van der Waals surface area contributed by atoms with Gasteiger partial charge in [-0.25, -0.2) is 8.42 Å². The summed E-state index contributed by atoms with van der Waals surface area (Å²) in [7, 11) is -3.98. The smallest absolute Gasteiger partial charge is 0.264 e. The summed E-state index contributed by atoms with van der Waals surface area (Å²) in [6, 6.07) is 11.6. The summed E-state index contributed by atoms with van der Waals surface area (Å²) in [5.74, 6) is 0.0933. The fourth-order valence-electron chi connectivity index (χ4n) is 3.93. The van der Waals surface area contributed by atoms with Crippen LogP contribution in [0.1, 0.15) is 19.3 Å². The second-order valence-electron chi connectivity index (χ2n) is 7.89. The predicted molar refractivity (Wildman–Crippen MR) is 127 cm³/mol. The third-order valence-electron chi connectivity index (χ3n) is 5.56. The van der Waals surface area contributed by atoms with Crippen LogP contribution in [0.25, 0.3) is 0 Å². The van der Waals surface area contributed by atoms with Crippen molar-refractivity contribution in [3.8, 4) is 0 Å². The lowest BCUT2D eigenvalue weighted by Gasteiger charge is -2.30. The van der Waals surface area contributed by atoms with Gasteiger partial charge in [-0.05, 0) is 49.1 Å². The predicted octanol–water partition coefficient (Wildman–Crippen LogP) is 4.27. The van der Waals surface area contributed by atoms with Gasteiger partial charge in [0, 0.05) is 25.2 Å². The van der Waals surface area contributed by atoms with Gasteiger partial charge in [0.05, 0.1) is 29.6 Å². The van der Waals surface area contributed by atoms with Crippen molar-refractivity contribution in [1.82, 2.24) is 0 Å². The van der Waals surface area contributed by atoms with Crippen LogP contribution in [-0.2, 0) is 19.6 Å². The van der Waals surface area contributed by atoms with E-state index in [0.29, 0.717) is 54.8 Å². The molecule has 1 atom stereocenters. The molecule has 7 nitrogen and oxygen atoms in total. The van der Waals surface area contributed by atoms with Gasteiger partial charge in [0.25, 0.3) is 10.0 Å². The maximum atomic E-state index is 13.4. The van der Waals surface area contributed by atoms with E-state index in [-0.39, 0.29) is 16.7 Å². The summed E-state index contributed by atoms with van der Waals surface area (Å²) in [5, 5.41) is 3.16. The molecule has 2 N–H and O–H groups in total. The fraction of sp³-hybridized carbons (Fsp3) is 0.348. The molecular formula is C23H26ClN3O4S. The first kappa shape index (κ1) is 22.6. The average Bonchev–Trinajstić information content (AvgIpc) is 3.29. The third kappa shape index (κ3) is 5.43. The molecule has 4 rings (SSSR count). The van der Waals surface area contributed by atoms with Crippen LogP contribution in [0.5, 0.6) is 0 Å². The molecule has 1 saturated heterocycles. The molecule has 1 amide bonds. The Kier molecular flexibility index (Phi) is 7.03. The largest absolute Gasteiger partial charge is 0.378 e. The molecule has 1 aliphatic heterocycles. The van der Waals surface area contributed by atoms with Crippen molar-refractivity contribution in [3.63, 3.8) is 0 Å². The highest BCUT2D eigenvalue weighted by molar-refractivity contribution is 7.93. The van der Waals surface area contributed by atoms with Gasteiger partial charge in [-0.2, -0.15) is 0 Å². The highest BCUT2D eigenvalue weighted by atomic mass is 35.5. The summed E-state index contributed by atoms with van der Waals surface area (Å²) in [6.45, 7) is 2.19. The molecule has 9 heteroatoms. The number of anilines is 3. The molecule has 2 aliphatic rings. The van der Waals surface area contributed by atoms with E-state index >= 15 is 0 Å². The molecule has 0 unspecified atom stereocenters. The fourth-order valence-corrected chi connectivity index (χ4v) is 5.50. The van der Waals surface area contributed by atoms with Crippen LogP contribution in [-0.4, -0.2) is 40.6 Å². The zero-order valence-electron chi connectivity index (χ0n) is 17.6. The summed E-state index contributed by atoms with van der Waals surface area (Å²) in [5.41, 5.74) is 1.29. The van der Waals surface area contributed by atoms with Crippen LogP contribution in [0.2, 0.25) is 5.02 Å². The molecule has 32 heavy (non-hydrogen) atoms. The number of carbonyl (C=O) groups is 1. The second-order valence-corrected chi connectivity index (χ2v) is 9.94. The van der Waals surface area contributed by atoms with E-state index in [4.69, 9.17) is 16.3 Å². The average molecular weight is 476 g/mol. The van der Waals surface area contributed by atoms with E-state index in [0.717, 1.165) is 12.8 Å². The minimum absolute atomic E-state index is 0.0814. The van der Waals surface area contributed by atoms with Crippen LogP contribution >= 0.6 is 11.6 Å². The van der Waals surface area contributed by atoms with Crippen molar-refractivity contribution in [1.29, 1.82) is 0 Å². The van der Waals surface area contributed by atoms with Gasteiger partial charge in [0.1, 0.15) is 4.90 Å². The number of sulfonamides is 1. The number of allylic oxidation sites excluding steroid dienone is 2. The van der Waals surface area contributed by atoms with Crippen molar-refractivity contribution in [2.24, 2.45) is 5.92 Å². The number of nitrogens with one attached hydrogen (secondary N) is 2. The normalized spacial score (nSPS) is 18.5. The molecular weight excluding hydrogens is 450 g/mol. The van der Waals surface area contributed by atoms with Crippen molar-refractivity contribution < 1.29 is 17.9 Å². The minimum atomic E-state index is -3.98. The Labute approximate surface area is 193 Å². The highest BCUT2D eigenvalue weighted by Crippen LogP contribution is 2.32. The number of hydrogen-bond donors (Lipinski definition) is 2. The van der Waals surface area contributed by atoms with Crippen LogP contribution in [0, 0.1) is 5.92 Å². The molecule has 1 heterocycles. The summed E-state index contributed by atoms with van der Waals surface area (Å²) in [6.07, 6.45) is 6.47. The summed E-state index contributed by atoms with van der Waals surface area (Å²) in [4.78, 5) is 14.6. The number of amides is 1. The Hall–Kier alpha value is -2.55. The maximum Gasteiger partial charge on any atom is 0.264 e. The van der Waals surface area contributed by atoms with Gasteiger partial charge >= 0.3 is 0 Å². The summed E-state index contributed by atoms with van der Waals surface area (Å²) < 4.78 is 34.8. The van der Waals surface area contributed by atoms with Crippen molar-refractivity contribution >= 4 is 44.6 Å². The Morgan fingerprint density at radius 1 is 1.16 bits per heavy atom. The van der Waals surface area contributed by atoms with Crippen LogP contribution in [0.15, 0.2) is 59.5 Å². The van der Waals surface area contributed by atoms with Crippen LogP contribution in [0.3, 0.4) is 0 Å². The van der Waals surface area contributed by atoms with E-state index in [1.807, 2.05) is 4.90 Å². The summed E-state index contributed by atoms with van der Waals surface area (Å²) >= 11 is 6.17. The quantitative estimate of drug-likeness (QED) is 0.584. The van der Waals surface area contributed by atoms with Gasteiger partial charge in [0.2, 0.25) is 5.91 Å². The van der Waals surface area contributed by atoms with E-state index in [1.54, 1.807) is 36.4 Å². The minimum Gasteiger partial charge on any atom is -0.378 e. The Bertz CT molecular complexity index is 1110. The number of nitrogens with zero attached hydrogens (tertiary/aromatic N) is 1. The molecule has 170 valence electrons. The third-order valence-corrected chi connectivity index (χ3v) is 7.29. The first-order chi connectivity index (χ1) is 15.4. The van der Waals surface area contributed by atoms with Gasteiger partial charge in [-0.1, -0.05) is 35.9 Å². The zero-order valence-corrected chi connectivity index (χ0v) is 19.2. The molecule has 1 aliphatic carbocycles. The molecule has 2 aromatic rings. The van der Waals surface area contributed by atoms with Gasteiger partial charge in [-0.15, -0.1) is 0 Å². The second kappa shape index (κ2) is 9.94. The Morgan fingerprint density at radius 3 is 2.66 bits per heavy atom. The Morgan fingerprint density at radius 2 is 1.94 bits per heavy atom. The topological polar surface area (TPSA) is 87.7 Å². The zero-order chi connectivity index (χ0) is 22.6. The number of halogens is 1. The lowest BCUT2D eigenvalue weighted by molar-refractivity contribution is -0.116. The highest BCUT2D eigenvalue weighted by Gasteiger charge is 2.25. The van der Waals surface area contributed by atoms with Gasteiger partial charge in [0.15, 0.2) is 0 Å². The van der Waals surface area contributed by atoms with Crippen molar-refractivity contribution in [3.05, 3.63) is 59.6 Å². The number of carbonyl (C=O) groups excluding carboxylic acids is 1. The van der Waals surface area contributed by atoms with Crippen molar-refractivity contribution in [2.75, 3.05) is 41.2 Å². The van der Waals surface area contributed by atoms with Gasteiger partial charge < -0.3 is 15.0 Å². The monoisotopic (exact) mass is 475 g/mol. The van der Waals surface area contributed by atoms with Crippen LogP contribution < -0.4 is 14.9 Å². The number of benzene rings is 2. The van der Waals surface area contributed by atoms with Crippen LogP contribution in [0.4, 0.5) is 17.1 Å². The van der Waals surface area contributed by atoms with E-state index < -0.39 is 10.0 Å². The van der Waals surface area contributed by atoms with E-state index in [2.05, 4.69) is 22.2 Å². The molecule has 0 aromatic heterocycles. The molecule has 0 radical (unpaired) electrons. The van der Waals surface area contributed by atoms with Gasteiger partial charge in [-0.3, -0.25) is 9.52 Å². The number of ether oxygens (including phenoxy) is 1. The molecule has 1 fully saturated rings. The maximum absolute atomic E-state index is 13.4. The first-order valence-electron chi connectivity index (χ1n) is 10.6. The lowest BCUT2D eigenvalue weighted by Crippen LogP contribution is -2.37. The number of hydrogen-bond acceptors (Lipinski definition) is 5. The van der Waals surface area contributed by atoms with Crippen molar-refractivity contribution in [2.45, 2.75) is 24.2 Å². The van der Waals surface area contributed by atoms with E-state index in [1.165, 1.54) is 6.07 Å². The molecule has 2 aromatic carbocycles. The van der Waals surface area contributed by atoms with E-state index in [9.17, 15) is 13.2 Å². The number of para-hydroxylation sites is 1. The Balaban J connectivity index is 1.63. The molecule has 0 bridgehead atoms. The number of morpholine rings is 1.